The quantitative estimate of drug-likeness (QED) is 0.459. The zero-order valence-electron chi connectivity index (χ0n) is 10.3. The summed E-state index contributed by atoms with van der Waals surface area (Å²) in [5, 5.41) is 17.9. The summed E-state index contributed by atoms with van der Waals surface area (Å²) in [5.74, 6) is -1.52. The van der Waals surface area contributed by atoms with Gasteiger partial charge in [0, 0.05) is 13.2 Å². The van der Waals surface area contributed by atoms with E-state index in [0.717, 1.165) is 0 Å². The fraction of sp³-hybridized carbons (Fsp3) is 0.818. The second kappa shape index (κ2) is 8.03. The van der Waals surface area contributed by atoms with E-state index in [-0.39, 0.29) is 39.3 Å². The molecule has 0 saturated heterocycles. The molecule has 100 valence electrons. The Bertz CT molecular complexity index is 224. The first kappa shape index (κ1) is 15.9. The molecule has 0 unspecified atom stereocenters. The molecule has 6 nitrogen and oxygen atoms in total. The topological polar surface area (TPSA) is 93.1 Å². The Morgan fingerprint density at radius 3 is 1.53 bits per heavy atom. The predicted molar refractivity (Wildman–Crippen MR) is 59.1 cm³/mol. The van der Waals surface area contributed by atoms with Gasteiger partial charge in [-0.25, -0.2) is 0 Å². The van der Waals surface area contributed by atoms with E-state index in [1.807, 2.05) is 0 Å². The highest BCUT2D eigenvalue weighted by atomic mass is 16.6. The number of hydrogen-bond acceptors (Lipinski definition) is 6. The van der Waals surface area contributed by atoms with Crippen LogP contribution in [0.5, 0.6) is 0 Å². The van der Waals surface area contributed by atoms with Crippen molar-refractivity contribution in [2.45, 2.75) is 26.7 Å². The summed E-state index contributed by atoms with van der Waals surface area (Å²) < 4.78 is 9.64. The summed E-state index contributed by atoms with van der Waals surface area (Å²) in [6.45, 7) is 2.75. The van der Waals surface area contributed by atoms with Crippen LogP contribution in [0, 0.1) is 5.41 Å². The fourth-order valence-corrected chi connectivity index (χ4v) is 1.54. The summed E-state index contributed by atoms with van der Waals surface area (Å²) >= 11 is 0. The van der Waals surface area contributed by atoms with Gasteiger partial charge < -0.3 is 19.7 Å². The number of aliphatic hydroxyl groups is 2. The van der Waals surface area contributed by atoms with Crippen LogP contribution in [0.25, 0.3) is 0 Å². The summed E-state index contributed by atoms with van der Waals surface area (Å²) in [6, 6.07) is 0. The molecule has 0 heterocycles. The largest absolute Gasteiger partial charge is 0.465 e. The third-order valence-electron chi connectivity index (χ3n) is 2.41. The summed E-state index contributed by atoms with van der Waals surface area (Å²) in [5.41, 5.74) is -1.60. The van der Waals surface area contributed by atoms with Crippen LogP contribution in [0.4, 0.5) is 0 Å². The van der Waals surface area contributed by atoms with E-state index in [1.54, 1.807) is 13.8 Å². The lowest BCUT2D eigenvalue weighted by Gasteiger charge is -2.27. The number of hydrogen-bond donors (Lipinski definition) is 2. The highest BCUT2D eigenvalue weighted by Gasteiger charge is 2.47. The van der Waals surface area contributed by atoms with E-state index in [0.29, 0.717) is 0 Å². The van der Waals surface area contributed by atoms with Crippen LogP contribution in [0.3, 0.4) is 0 Å². The number of ether oxygens (including phenoxy) is 2. The van der Waals surface area contributed by atoms with Crippen molar-refractivity contribution in [2.24, 2.45) is 5.41 Å². The Morgan fingerprint density at radius 2 is 1.29 bits per heavy atom. The van der Waals surface area contributed by atoms with Crippen LogP contribution in [0.15, 0.2) is 0 Å². The lowest BCUT2D eigenvalue weighted by Crippen LogP contribution is -2.43. The molecule has 0 aromatic rings. The molecule has 0 aromatic heterocycles. The second-order valence-electron chi connectivity index (χ2n) is 3.47. The van der Waals surface area contributed by atoms with E-state index < -0.39 is 17.4 Å². The molecule has 0 aliphatic heterocycles. The predicted octanol–water partition coefficient (Wildman–Crippen LogP) is -0.136. The molecule has 17 heavy (non-hydrogen) atoms. The fourth-order valence-electron chi connectivity index (χ4n) is 1.54. The van der Waals surface area contributed by atoms with Gasteiger partial charge in [0.15, 0.2) is 5.41 Å². The van der Waals surface area contributed by atoms with Gasteiger partial charge in [-0.2, -0.15) is 0 Å². The van der Waals surface area contributed by atoms with Crippen molar-refractivity contribution in [1.29, 1.82) is 0 Å². The molecule has 2 N–H and O–H groups in total. The van der Waals surface area contributed by atoms with Gasteiger partial charge >= 0.3 is 11.9 Å². The average Bonchev–Trinajstić information content (AvgIpc) is 2.29. The molecule has 0 aliphatic rings. The van der Waals surface area contributed by atoms with Crippen molar-refractivity contribution in [3.05, 3.63) is 0 Å². The molecule has 6 heteroatoms. The van der Waals surface area contributed by atoms with Gasteiger partial charge in [0.2, 0.25) is 0 Å². The van der Waals surface area contributed by atoms with E-state index in [1.165, 1.54) is 0 Å². The summed E-state index contributed by atoms with van der Waals surface area (Å²) in [7, 11) is 0. The molecular formula is C11H20O6. The maximum atomic E-state index is 11.8. The van der Waals surface area contributed by atoms with Gasteiger partial charge in [-0.3, -0.25) is 9.59 Å². The molecule has 0 aromatic carbocycles. The Labute approximate surface area is 101 Å². The van der Waals surface area contributed by atoms with Gasteiger partial charge in [-0.05, 0) is 26.7 Å². The standard InChI is InChI=1S/C11H20O6/c1-3-16-9(14)11(5-7-12,6-8-13)10(15)17-4-2/h12-13H,3-8H2,1-2H3. The smallest absolute Gasteiger partial charge is 0.323 e. The van der Waals surface area contributed by atoms with Crippen LogP contribution >= 0.6 is 0 Å². The maximum absolute atomic E-state index is 11.8. The van der Waals surface area contributed by atoms with E-state index >= 15 is 0 Å². The van der Waals surface area contributed by atoms with E-state index in [4.69, 9.17) is 19.7 Å². The third kappa shape index (κ3) is 3.98. The minimum atomic E-state index is -1.60. The molecule has 0 rings (SSSR count). The molecule has 0 fully saturated rings. The summed E-state index contributed by atoms with van der Waals surface area (Å²) in [6.07, 6.45) is -0.240. The zero-order chi connectivity index (χ0) is 13.3. The monoisotopic (exact) mass is 248 g/mol. The van der Waals surface area contributed by atoms with Crippen molar-refractivity contribution >= 4 is 11.9 Å². The molecule has 0 saturated carbocycles. The van der Waals surface area contributed by atoms with Crippen LogP contribution < -0.4 is 0 Å². The lowest BCUT2D eigenvalue weighted by molar-refractivity contribution is -0.174. The molecular weight excluding hydrogens is 228 g/mol. The van der Waals surface area contributed by atoms with Gasteiger partial charge in [0.1, 0.15) is 0 Å². The van der Waals surface area contributed by atoms with E-state index in [9.17, 15) is 9.59 Å². The molecule has 0 bridgehead atoms. The number of esters is 2. The second-order valence-corrected chi connectivity index (χ2v) is 3.47. The van der Waals surface area contributed by atoms with Crippen LogP contribution in [0.1, 0.15) is 26.7 Å². The van der Waals surface area contributed by atoms with Gasteiger partial charge in [0.05, 0.1) is 13.2 Å². The average molecular weight is 248 g/mol. The van der Waals surface area contributed by atoms with Gasteiger partial charge in [-0.1, -0.05) is 0 Å². The minimum absolute atomic E-state index is 0.120. The highest BCUT2D eigenvalue weighted by molar-refractivity contribution is 6.00. The normalized spacial score (nSPS) is 11.1. The Kier molecular flexibility index (Phi) is 7.49. The number of carbonyl (C=O) groups excluding carboxylic acids is 2. The zero-order valence-corrected chi connectivity index (χ0v) is 10.3. The first-order valence-corrected chi connectivity index (χ1v) is 5.65. The molecule has 0 spiro atoms. The van der Waals surface area contributed by atoms with Crippen molar-refractivity contribution < 1.29 is 29.3 Å². The van der Waals surface area contributed by atoms with E-state index in [2.05, 4.69) is 0 Å². The summed E-state index contributed by atoms with van der Waals surface area (Å²) in [4.78, 5) is 23.6. The van der Waals surface area contributed by atoms with Crippen molar-refractivity contribution in [1.82, 2.24) is 0 Å². The number of aliphatic hydroxyl groups excluding tert-OH is 2. The third-order valence-corrected chi connectivity index (χ3v) is 2.41. The first-order chi connectivity index (χ1) is 8.08. The highest BCUT2D eigenvalue weighted by Crippen LogP contribution is 2.30. The number of rotatable bonds is 8. The van der Waals surface area contributed by atoms with Crippen molar-refractivity contribution in [3.8, 4) is 0 Å². The number of carbonyl (C=O) groups is 2. The molecule has 0 amide bonds. The minimum Gasteiger partial charge on any atom is -0.465 e. The lowest BCUT2D eigenvalue weighted by atomic mass is 9.81. The molecule has 0 radical (unpaired) electrons. The maximum Gasteiger partial charge on any atom is 0.323 e. The Balaban J connectivity index is 5.09. The van der Waals surface area contributed by atoms with Gasteiger partial charge in [0.25, 0.3) is 0 Å². The molecule has 0 aliphatic carbocycles. The SMILES string of the molecule is CCOC(=O)C(CCO)(CCO)C(=O)OCC. The Morgan fingerprint density at radius 1 is 0.941 bits per heavy atom. The van der Waals surface area contributed by atoms with Gasteiger partial charge in [-0.15, -0.1) is 0 Å². The first-order valence-electron chi connectivity index (χ1n) is 5.65. The van der Waals surface area contributed by atoms with Crippen molar-refractivity contribution in [2.75, 3.05) is 26.4 Å². The Hall–Kier alpha value is -1.14. The molecule has 0 atom stereocenters. The van der Waals surface area contributed by atoms with Crippen LogP contribution in [-0.2, 0) is 19.1 Å². The van der Waals surface area contributed by atoms with Crippen molar-refractivity contribution in [3.63, 3.8) is 0 Å². The van der Waals surface area contributed by atoms with Crippen LogP contribution in [-0.4, -0.2) is 48.6 Å². The van der Waals surface area contributed by atoms with Crippen LogP contribution in [0.2, 0.25) is 0 Å².